The van der Waals surface area contributed by atoms with Gasteiger partial charge in [0.1, 0.15) is 0 Å². The summed E-state index contributed by atoms with van der Waals surface area (Å²) < 4.78 is 10.4. The molecule has 9 heavy (non-hydrogen) atoms. The van der Waals surface area contributed by atoms with Gasteiger partial charge in [-0.1, -0.05) is 6.92 Å². The normalized spacial score (nSPS) is 23.6. The average molecular weight is 126 g/mol. The van der Waals surface area contributed by atoms with Gasteiger partial charge in [-0.15, -0.1) is 6.42 Å². The Morgan fingerprint density at radius 2 is 2.11 bits per heavy atom. The zero-order chi connectivity index (χ0) is 6.74. The highest BCUT2D eigenvalue weighted by Gasteiger charge is 2.31. The first kappa shape index (κ1) is 6.60. The third-order valence-corrected chi connectivity index (χ3v) is 1.44. The molecule has 1 heterocycles. The molecule has 0 aliphatic carbocycles. The number of hydrogen-bond acceptors (Lipinski definition) is 2. The Morgan fingerprint density at radius 3 is 2.33 bits per heavy atom. The van der Waals surface area contributed by atoms with Gasteiger partial charge in [-0.2, -0.15) is 0 Å². The molecule has 0 aromatic rings. The highest BCUT2D eigenvalue weighted by Crippen LogP contribution is 2.21. The number of ether oxygens (including phenoxy) is 2. The van der Waals surface area contributed by atoms with Gasteiger partial charge in [0.2, 0.25) is 5.79 Å². The van der Waals surface area contributed by atoms with Crippen LogP contribution in [0.4, 0.5) is 0 Å². The zero-order valence-corrected chi connectivity index (χ0v) is 5.52. The first-order valence-electron chi connectivity index (χ1n) is 3.08. The smallest absolute Gasteiger partial charge is 0.233 e. The van der Waals surface area contributed by atoms with E-state index in [0.29, 0.717) is 13.2 Å². The molecule has 1 fully saturated rings. The zero-order valence-electron chi connectivity index (χ0n) is 5.52. The lowest BCUT2D eigenvalue weighted by Crippen LogP contribution is -2.26. The van der Waals surface area contributed by atoms with Gasteiger partial charge in [-0.25, -0.2) is 0 Å². The summed E-state index contributed by atoms with van der Waals surface area (Å²) in [6, 6.07) is 0. The van der Waals surface area contributed by atoms with E-state index < -0.39 is 5.79 Å². The maximum absolute atomic E-state index is 5.18. The predicted molar refractivity (Wildman–Crippen MR) is 33.8 cm³/mol. The van der Waals surface area contributed by atoms with Crippen molar-refractivity contribution in [3.8, 4) is 12.3 Å². The molecule has 0 aromatic carbocycles. The maximum atomic E-state index is 5.18. The Kier molecular flexibility index (Phi) is 1.75. The Bertz CT molecular complexity index is 128. The highest BCUT2D eigenvalue weighted by atomic mass is 16.7. The number of hydrogen-bond donors (Lipinski definition) is 0. The van der Waals surface area contributed by atoms with E-state index in [1.54, 1.807) is 0 Å². The van der Waals surface area contributed by atoms with Gasteiger partial charge in [-0.05, 0) is 5.92 Å². The Morgan fingerprint density at radius 1 is 1.56 bits per heavy atom. The van der Waals surface area contributed by atoms with Crippen LogP contribution in [-0.2, 0) is 9.47 Å². The number of terminal acetylenes is 1. The molecule has 50 valence electrons. The van der Waals surface area contributed by atoms with Crippen molar-refractivity contribution >= 4 is 0 Å². The lowest BCUT2D eigenvalue weighted by molar-refractivity contribution is -0.109. The van der Waals surface area contributed by atoms with Gasteiger partial charge >= 0.3 is 0 Å². The molecular weight excluding hydrogens is 116 g/mol. The summed E-state index contributed by atoms with van der Waals surface area (Å²) in [5.41, 5.74) is 0. The third-order valence-electron chi connectivity index (χ3n) is 1.44. The monoisotopic (exact) mass is 126 g/mol. The fraction of sp³-hybridized carbons (Fsp3) is 0.714. The van der Waals surface area contributed by atoms with Gasteiger partial charge in [-0.3, -0.25) is 0 Å². The molecule has 1 rings (SSSR count). The minimum Gasteiger partial charge on any atom is -0.337 e. The second-order valence-electron chi connectivity index (χ2n) is 1.95. The molecule has 0 unspecified atom stereocenters. The molecule has 0 amide bonds. The lowest BCUT2D eigenvalue weighted by Gasteiger charge is -2.17. The van der Waals surface area contributed by atoms with Crippen LogP contribution in [0.2, 0.25) is 0 Å². The van der Waals surface area contributed by atoms with E-state index in [1.807, 2.05) is 6.92 Å². The highest BCUT2D eigenvalue weighted by molar-refractivity contribution is 5.03. The van der Waals surface area contributed by atoms with Crippen molar-refractivity contribution in [2.75, 3.05) is 13.2 Å². The van der Waals surface area contributed by atoms with Crippen LogP contribution in [0.1, 0.15) is 13.3 Å². The summed E-state index contributed by atoms with van der Waals surface area (Å²) in [5.74, 6) is 1.79. The van der Waals surface area contributed by atoms with Crippen molar-refractivity contribution in [2.45, 2.75) is 19.1 Å². The van der Waals surface area contributed by atoms with Crippen LogP contribution >= 0.6 is 0 Å². The summed E-state index contributed by atoms with van der Waals surface area (Å²) in [4.78, 5) is 0. The van der Waals surface area contributed by atoms with E-state index >= 15 is 0 Å². The van der Waals surface area contributed by atoms with E-state index in [9.17, 15) is 0 Å². The summed E-state index contributed by atoms with van der Waals surface area (Å²) in [7, 11) is 0. The standard InChI is InChI=1S/C7H10O2/c1-3-7(4-2)8-5-6-9-7/h1H,4-6H2,2H3. The quantitative estimate of drug-likeness (QED) is 0.483. The second-order valence-corrected chi connectivity index (χ2v) is 1.95. The summed E-state index contributed by atoms with van der Waals surface area (Å²) in [6.45, 7) is 3.20. The van der Waals surface area contributed by atoms with Crippen LogP contribution in [0.3, 0.4) is 0 Å². The van der Waals surface area contributed by atoms with Crippen LogP contribution in [0.25, 0.3) is 0 Å². The van der Waals surface area contributed by atoms with Crippen molar-refractivity contribution < 1.29 is 9.47 Å². The first-order chi connectivity index (χ1) is 4.33. The van der Waals surface area contributed by atoms with Gasteiger partial charge in [0.15, 0.2) is 0 Å². The molecule has 1 aliphatic heterocycles. The molecular formula is C7H10O2. The molecule has 0 spiro atoms. The third kappa shape index (κ3) is 1.07. The molecule has 0 aromatic heterocycles. The lowest BCUT2D eigenvalue weighted by atomic mass is 10.2. The van der Waals surface area contributed by atoms with E-state index in [2.05, 4.69) is 5.92 Å². The summed E-state index contributed by atoms with van der Waals surface area (Å²) >= 11 is 0. The van der Waals surface area contributed by atoms with Crippen LogP contribution in [0.15, 0.2) is 0 Å². The molecule has 1 saturated heterocycles. The van der Waals surface area contributed by atoms with E-state index in [0.717, 1.165) is 6.42 Å². The van der Waals surface area contributed by atoms with E-state index in [1.165, 1.54) is 0 Å². The summed E-state index contributed by atoms with van der Waals surface area (Å²) in [6.07, 6.45) is 5.90. The molecule has 0 atom stereocenters. The fourth-order valence-electron chi connectivity index (χ4n) is 0.844. The molecule has 1 aliphatic rings. The van der Waals surface area contributed by atoms with E-state index in [4.69, 9.17) is 15.9 Å². The van der Waals surface area contributed by atoms with Crippen molar-refractivity contribution in [3.63, 3.8) is 0 Å². The molecule has 0 bridgehead atoms. The van der Waals surface area contributed by atoms with E-state index in [-0.39, 0.29) is 0 Å². The van der Waals surface area contributed by atoms with Gasteiger partial charge in [0, 0.05) is 6.42 Å². The van der Waals surface area contributed by atoms with Crippen molar-refractivity contribution in [3.05, 3.63) is 0 Å². The minimum absolute atomic E-state index is 0.623. The topological polar surface area (TPSA) is 18.5 Å². The Hall–Kier alpha value is -0.520. The van der Waals surface area contributed by atoms with Crippen LogP contribution < -0.4 is 0 Å². The van der Waals surface area contributed by atoms with Crippen molar-refractivity contribution in [2.24, 2.45) is 0 Å². The molecule has 2 heteroatoms. The van der Waals surface area contributed by atoms with Gasteiger partial charge < -0.3 is 9.47 Å². The fourth-order valence-corrected chi connectivity index (χ4v) is 0.844. The SMILES string of the molecule is C#CC1(CC)OCCO1. The van der Waals surface area contributed by atoms with Crippen molar-refractivity contribution in [1.82, 2.24) is 0 Å². The van der Waals surface area contributed by atoms with Gasteiger partial charge in [0.05, 0.1) is 13.2 Å². The largest absolute Gasteiger partial charge is 0.337 e. The Labute approximate surface area is 55.1 Å². The average Bonchev–Trinajstić information content (AvgIpc) is 2.36. The summed E-state index contributed by atoms with van der Waals surface area (Å²) in [5, 5.41) is 0. The predicted octanol–water partition coefficient (Wildman–Crippen LogP) is 0.773. The second kappa shape index (κ2) is 2.38. The van der Waals surface area contributed by atoms with Gasteiger partial charge in [0.25, 0.3) is 0 Å². The van der Waals surface area contributed by atoms with Crippen LogP contribution in [0, 0.1) is 12.3 Å². The molecule has 0 radical (unpaired) electrons. The first-order valence-corrected chi connectivity index (χ1v) is 3.08. The van der Waals surface area contributed by atoms with Crippen molar-refractivity contribution in [1.29, 1.82) is 0 Å². The number of rotatable bonds is 1. The molecule has 2 nitrogen and oxygen atoms in total. The molecule has 0 saturated carbocycles. The maximum Gasteiger partial charge on any atom is 0.233 e. The van der Waals surface area contributed by atoms with Crippen LogP contribution in [-0.4, -0.2) is 19.0 Å². The Balaban J connectivity index is 2.59. The van der Waals surface area contributed by atoms with Crippen LogP contribution in [0.5, 0.6) is 0 Å². The minimum atomic E-state index is -0.694. The molecule has 0 N–H and O–H groups in total.